The molecule has 0 radical (unpaired) electrons. The van der Waals surface area contributed by atoms with Crippen LogP contribution in [0.25, 0.3) is 0 Å². The second kappa shape index (κ2) is 4.70. The molecule has 0 aromatic carbocycles. The van der Waals surface area contributed by atoms with Gasteiger partial charge in [-0.15, -0.1) is 0 Å². The lowest BCUT2D eigenvalue weighted by Crippen LogP contribution is -2.29. The molecule has 1 aliphatic rings. The van der Waals surface area contributed by atoms with Crippen molar-refractivity contribution >= 4 is 17.6 Å². The summed E-state index contributed by atoms with van der Waals surface area (Å²) >= 11 is 6.07. The first-order chi connectivity index (χ1) is 7.70. The molecule has 16 heavy (non-hydrogen) atoms. The molecular formula is C11H15ClN4. The maximum atomic E-state index is 6.07. The largest absolute Gasteiger partial charge is 0.354 e. The highest BCUT2D eigenvalue weighted by Gasteiger charge is 2.18. The molecule has 1 fully saturated rings. The van der Waals surface area contributed by atoms with Gasteiger partial charge in [0.05, 0.1) is 0 Å². The first-order valence-corrected chi connectivity index (χ1v) is 5.65. The van der Waals surface area contributed by atoms with E-state index in [0.717, 1.165) is 36.7 Å². The van der Waals surface area contributed by atoms with E-state index in [1.807, 2.05) is 6.92 Å². The summed E-state index contributed by atoms with van der Waals surface area (Å²) in [6, 6.07) is 2.07. The summed E-state index contributed by atoms with van der Waals surface area (Å²) in [5.41, 5.74) is 2.17. The molecule has 1 aliphatic heterocycles. The van der Waals surface area contributed by atoms with Crippen molar-refractivity contribution in [2.24, 2.45) is 4.99 Å². The van der Waals surface area contributed by atoms with E-state index >= 15 is 0 Å². The Bertz CT molecular complexity index is 416. The van der Waals surface area contributed by atoms with E-state index < -0.39 is 0 Å². The average Bonchev–Trinajstić information content (AvgIpc) is 2.71. The van der Waals surface area contributed by atoms with Crippen LogP contribution in [0.1, 0.15) is 11.1 Å². The van der Waals surface area contributed by atoms with Crippen molar-refractivity contribution in [3.05, 3.63) is 28.5 Å². The summed E-state index contributed by atoms with van der Waals surface area (Å²) < 4.78 is 0. The Kier molecular flexibility index (Phi) is 3.29. The third kappa shape index (κ3) is 2.27. The molecule has 0 spiro atoms. The smallest absolute Gasteiger partial charge is 0.194 e. The third-order valence-electron chi connectivity index (χ3n) is 2.59. The minimum Gasteiger partial charge on any atom is -0.354 e. The molecule has 0 amide bonds. The van der Waals surface area contributed by atoms with Crippen molar-refractivity contribution in [2.45, 2.75) is 13.5 Å². The van der Waals surface area contributed by atoms with Gasteiger partial charge in [-0.3, -0.25) is 4.99 Å². The zero-order chi connectivity index (χ0) is 11.5. The van der Waals surface area contributed by atoms with E-state index in [4.69, 9.17) is 11.6 Å². The highest BCUT2D eigenvalue weighted by molar-refractivity contribution is 6.30. The van der Waals surface area contributed by atoms with Crippen LogP contribution in [0.5, 0.6) is 0 Å². The summed E-state index contributed by atoms with van der Waals surface area (Å²) in [5.74, 6) is 0.928. The standard InChI is InChI=1S/C11H15ClN4/c1-8-5-9(10(12)15-6-8)7-16-4-3-14-11(16)13-2/h5-6H,3-4,7H2,1-2H3,(H,13,14). The number of aliphatic imine (C=N–C) groups is 1. The molecule has 2 heterocycles. The van der Waals surface area contributed by atoms with E-state index in [9.17, 15) is 0 Å². The summed E-state index contributed by atoms with van der Waals surface area (Å²) in [5, 5.41) is 3.80. The van der Waals surface area contributed by atoms with Gasteiger partial charge in [-0.2, -0.15) is 0 Å². The predicted molar refractivity (Wildman–Crippen MR) is 65.8 cm³/mol. The van der Waals surface area contributed by atoms with Gasteiger partial charge in [-0.1, -0.05) is 11.6 Å². The van der Waals surface area contributed by atoms with E-state index in [1.54, 1.807) is 13.2 Å². The van der Waals surface area contributed by atoms with Gasteiger partial charge in [0.1, 0.15) is 5.15 Å². The Morgan fingerprint density at radius 1 is 1.62 bits per heavy atom. The van der Waals surface area contributed by atoms with Crippen LogP contribution >= 0.6 is 11.6 Å². The molecule has 4 nitrogen and oxygen atoms in total. The van der Waals surface area contributed by atoms with Crippen LogP contribution < -0.4 is 5.32 Å². The molecule has 86 valence electrons. The molecule has 0 bridgehead atoms. The maximum Gasteiger partial charge on any atom is 0.194 e. The van der Waals surface area contributed by atoms with Crippen molar-refractivity contribution in [3.63, 3.8) is 0 Å². The third-order valence-corrected chi connectivity index (χ3v) is 2.93. The number of hydrogen-bond donors (Lipinski definition) is 1. The van der Waals surface area contributed by atoms with Crippen LogP contribution in [0.4, 0.5) is 0 Å². The number of nitrogens with zero attached hydrogens (tertiary/aromatic N) is 3. The molecule has 0 unspecified atom stereocenters. The van der Waals surface area contributed by atoms with E-state index in [-0.39, 0.29) is 0 Å². The molecule has 0 atom stereocenters. The molecule has 2 rings (SSSR count). The van der Waals surface area contributed by atoms with Crippen LogP contribution in [0.15, 0.2) is 17.3 Å². The number of aromatic nitrogens is 1. The number of nitrogens with one attached hydrogen (secondary N) is 1. The van der Waals surface area contributed by atoms with Gasteiger partial charge in [0.15, 0.2) is 5.96 Å². The fourth-order valence-corrected chi connectivity index (χ4v) is 1.99. The lowest BCUT2D eigenvalue weighted by molar-refractivity contribution is 0.456. The molecule has 5 heteroatoms. The van der Waals surface area contributed by atoms with Gasteiger partial charge in [-0.25, -0.2) is 4.98 Å². The fourth-order valence-electron chi connectivity index (χ4n) is 1.82. The number of pyridine rings is 1. The minimum absolute atomic E-state index is 0.577. The first kappa shape index (κ1) is 11.2. The Morgan fingerprint density at radius 2 is 2.44 bits per heavy atom. The molecule has 0 aliphatic carbocycles. The normalized spacial score (nSPS) is 17.9. The van der Waals surface area contributed by atoms with Gasteiger partial charge in [0, 0.05) is 38.4 Å². The zero-order valence-electron chi connectivity index (χ0n) is 9.50. The number of rotatable bonds is 2. The number of guanidine groups is 1. The van der Waals surface area contributed by atoms with Gasteiger partial charge >= 0.3 is 0 Å². The van der Waals surface area contributed by atoms with Crippen LogP contribution in [0.2, 0.25) is 5.15 Å². The molecule has 1 aromatic heterocycles. The summed E-state index contributed by atoms with van der Waals surface area (Å²) in [7, 11) is 1.79. The van der Waals surface area contributed by atoms with Crippen molar-refractivity contribution in [1.82, 2.24) is 15.2 Å². The average molecular weight is 239 g/mol. The Morgan fingerprint density at radius 3 is 3.19 bits per heavy atom. The first-order valence-electron chi connectivity index (χ1n) is 5.27. The summed E-state index contributed by atoms with van der Waals surface area (Å²) in [6.45, 7) is 4.66. The monoisotopic (exact) mass is 238 g/mol. The van der Waals surface area contributed by atoms with Crippen molar-refractivity contribution in [2.75, 3.05) is 20.1 Å². The second-order valence-corrected chi connectivity index (χ2v) is 4.22. The van der Waals surface area contributed by atoms with Gasteiger partial charge < -0.3 is 10.2 Å². The van der Waals surface area contributed by atoms with Crippen molar-refractivity contribution < 1.29 is 0 Å². The maximum absolute atomic E-state index is 6.07. The zero-order valence-corrected chi connectivity index (χ0v) is 10.3. The van der Waals surface area contributed by atoms with Crippen LogP contribution in [0, 0.1) is 6.92 Å². The molecule has 1 aromatic rings. The van der Waals surface area contributed by atoms with E-state index in [1.165, 1.54) is 0 Å². The lowest BCUT2D eigenvalue weighted by Gasteiger charge is -2.17. The lowest BCUT2D eigenvalue weighted by atomic mass is 10.2. The highest BCUT2D eigenvalue weighted by Crippen LogP contribution is 2.17. The molecular weight excluding hydrogens is 224 g/mol. The molecule has 1 saturated heterocycles. The van der Waals surface area contributed by atoms with Gasteiger partial charge in [-0.05, 0) is 18.6 Å². The number of hydrogen-bond acceptors (Lipinski definition) is 2. The van der Waals surface area contributed by atoms with Gasteiger partial charge in [0.2, 0.25) is 0 Å². The van der Waals surface area contributed by atoms with Crippen molar-refractivity contribution in [3.8, 4) is 0 Å². The van der Waals surface area contributed by atoms with Crippen LogP contribution in [-0.4, -0.2) is 36.0 Å². The van der Waals surface area contributed by atoms with Gasteiger partial charge in [0.25, 0.3) is 0 Å². The second-order valence-electron chi connectivity index (χ2n) is 3.86. The highest BCUT2D eigenvalue weighted by atomic mass is 35.5. The summed E-state index contributed by atoms with van der Waals surface area (Å²) in [4.78, 5) is 10.5. The predicted octanol–water partition coefficient (Wildman–Crippen LogP) is 1.43. The van der Waals surface area contributed by atoms with Crippen molar-refractivity contribution in [1.29, 1.82) is 0 Å². The Hall–Kier alpha value is -1.29. The van der Waals surface area contributed by atoms with E-state index in [2.05, 4.69) is 26.3 Å². The number of halogens is 1. The summed E-state index contributed by atoms with van der Waals surface area (Å²) in [6.07, 6.45) is 1.78. The molecule has 1 N–H and O–H groups in total. The minimum atomic E-state index is 0.577. The molecule has 0 saturated carbocycles. The van der Waals surface area contributed by atoms with E-state index in [0.29, 0.717) is 5.15 Å². The number of aryl methyl sites for hydroxylation is 1. The Labute approximate surface area is 100 Å². The SMILES string of the molecule is CN=C1NCCN1Cc1cc(C)cnc1Cl. The van der Waals surface area contributed by atoms with Crippen LogP contribution in [-0.2, 0) is 6.54 Å². The van der Waals surface area contributed by atoms with Crippen LogP contribution in [0.3, 0.4) is 0 Å². The Balaban J connectivity index is 2.17. The fraction of sp³-hybridized carbons (Fsp3) is 0.455. The quantitative estimate of drug-likeness (QED) is 0.793. The topological polar surface area (TPSA) is 40.5 Å².